The summed E-state index contributed by atoms with van der Waals surface area (Å²) in [5, 5.41) is 26.6. The number of nitrogens with zero attached hydrogens (tertiary/aromatic N) is 4. The van der Waals surface area contributed by atoms with Gasteiger partial charge in [0.05, 0.1) is 17.1 Å². The molecule has 2 aromatic rings. The van der Waals surface area contributed by atoms with Crippen LogP contribution in [-0.4, -0.2) is 40.2 Å². The minimum atomic E-state index is -1.13. The maximum Gasteiger partial charge on any atom is 0.404 e. The summed E-state index contributed by atoms with van der Waals surface area (Å²) in [5.74, 6) is 0.378. The zero-order valence-electron chi connectivity index (χ0n) is 17.3. The summed E-state index contributed by atoms with van der Waals surface area (Å²) in [6.07, 6.45) is 0.880. The molecule has 0 spiro atoms. The fourth-order valence-electron chi connectivity index (χ4n) is 3.26. The van der Waals surface area contributed by atoms with E-state index < -0.39 is 6.09 Å². The Labute approximate surface area is 179 Å². The molecule has 160 valence electrons. The number of carboxylic acid groups (broad SMARTS) is 1. The first-order chi connectivity index (χ1) is 14.9. The van der Waals surface area contributed by atoms with Gasteiger partial charge in [-0.15, -0.1) is 0 Å². The third kappa shape index (κ3) is 4.90. The number of anilines is 3. The van der Waals surface area contributed by atoms with Gasteiger partial charge in [-0.1, -0.05) is 12.1 Å². The van der Waals surface area contributed by atoms with Crippen molar-refractivity contribution in [3.63, 3.8) is 0 Å². The first kappa shape index (κ1) is 21.6. The molecule has 0 aliphatic carbocycles. The van der Waals surface area contributed by atoms with E-state index in [1.54, 1.807) is 13.1 Å². The summed E-state index contributed by atoms with van der Waals surface area (Å²) in [6, 6.07) is 10.0. The van der Waals surface area contributed by atoms with Crippen LogP contribution < -0.4 is 20.9 Å². The number of aryl methyl sites for hydroxylation is 1. The molecule has 0 bridgehead atoms. The maximum atomic E-state index is 12.1. The molecule has 0 saturated carbocycles. The highest BCUT2D eigenvalue weighted by molar-refractivity contribution is 5.92. The van der Waals surface area contributed by atoms with Gasteiger partial charge in [-0.3, -0.25) is 10.1 Å². The predicted octanol–water partition coefficient (Wildman–Crippen LogP) is 2.92. The molecule has 0 fully saturated rings. The van der Waals surface area contributed by atoms with Crippen molar-refractivity contribution in [3.8, 4) is 6.07 Å². The van der Waals surface area contributed by atoms with E-state index in [2.05, 4.69) is 32.0 Å². The van der Waals surface area contributed by atoms with Gasteiger partial charge in [0, 0.05) is 25.7 Å². The quantitative estimate of drug-likeness (QED) is 0.395. The number of hydrogen-bond acceptors (Lipinski definition) is 7. The number of rotatable bonds is 7. The fraction of sp³-hybridized carbons (Fsp3) is 0.286. The predicted molar refractivity (Wildman–Crippen MR) is 116 cm³/mol. The Morgan fingerprint density at radius 3 is 2.81 bits per heavy atom. The number of nitriles is 1. The standard InChI is InChI=1S/C21H23N7O3/c1-3-28-16-8-5-4-7-15(16)25-19(28)14(11-22)18-13(2)12-24-20(27-18)26-17(29)9-6-10-23-21(30)31/h4-5,7-8,12,23,25H,3,6,9-10H2,1-2H3,(H,30,31)(H,24,26,27,29)/b19-14+. The average Bonchev–Trinajstić information content (AvgIpc) is 3.12. The summed E-state index contributed by atoms with van der Waals surface area (Å²) in [7, 11) is 0. The van der Waals surface area contributed by atoms with Gasteiger partial charge in [-0.05, 0) is 38.0 Å². The lowest BCUT2D eigenvalue weighted by atomic mass is 10.1. The molecule has 2 heterocycles. The van der Waals surface area contributed by atoms with Crippen LogP contribution in [0.25, 0.3) is 5.57 Å². The topological polar surface area (TPSA) is 143 Å². The SMILES string of the molecule is CCN1/C(=C(\C#N)c2nc(NC(=O)CCCNC(=O)O)ncc2C)Nc2ccccc21. The Hall–Kier alpha value is -4.13. The molecule has 3 rings (SSSR count). The van der Waals surface area contributed by atoms with E-state index in [0.29, 0.717) is 35.6 Å². The minimum absolute atomic E-state index is 0.0868. The summed E-state index contributed by atoms with van der Waals surface area (Å²) in [5.41, 5.74) is 3.35. The molecular weight excluding hydrogens is 398 g/mol. The van der Waals surface area contributed by atoms with Crippen LogP contribution in [0.4, 0.5) is 22.1 Å². The van der Waals surface area contributed by atoms with E-state index in [9.17, 15) is 14.9 Å². The smallest absolute Gasteiger partial charge is 0.404 e. The van der Waals surface area contributed by atoms with E-state index in [0.717, 1.165) is 11.4 Å². The molecule has 0 radical (unpaired) electrons. The van der Waals surface area contributed by atoms with E-state index in [1.165, 1.54) is 0 Å². The lowest BCUT2D eigenvalue weighted by Gasteiger charge is -2.19. The molecule has 1 aliphatic rings. The van der Waals surface area contributed by atoms with Gasteiger partial charge in [0.25, 0.3) is 0 Å². The molecular formula is C21H23N7O3. The van der Waals surface area contributed by atoms with Crippen LogP contribution >= 0.6 is 0 Å². The molecule has 1 aliphatic heterocycles. The molecule has 0 saturated heterocycles. The van der Waals surface area contributed by atoms with Gasteiger partial charge >= 0.3 is 6.09 Å². The zero-order chi connectivity index (χ0) is 22.4. The normalized spacial score (nSPS) is 13.6. The van der Waals surface area contributed by atoms with Gasteiger partial charge in [0.2, 0.25) is 11.9 Å². The molecule has 10 heteroatoms. The Morgan fingerprint density at radius 1 is 1.32 bits per heavy atom. The van der Waals surface area contributed by atoms with E-state index in [-0.39, 0.29) is 24.8 Å². The third-order valence-corrected chi connectivity index (χ3v) is 4.70. The number of aromatic nitrogens is 2. The second-order valence-corrected chi connectivity index (χ2v) is 6.83. The number of nitrogens with one attached hydrogen (secondary N) is 3. The third-order valence-electron chi connectivity index (χ3n) is 4.70. The highest BCUT2D eigenvalue weighted by Crippen LogP contribution is 2.38. The van der Waals surface area contributed by atoms with Crippen LogP contribution in [0.15, 0.2) is 36.3 Å². The highest BCUT2D eigenvalue weighted by Gasteiger charge is 2.27. The summed E-state index contributed by atoms with van der Waals surface area (Å²) in [6.45, 7) is 4.63. The van der Waals surface area contributed by atoms with Crippen LogP contribution in [0.1, 0.15) is 31.0 Å². The molecule has 31 heavy (non-hydrogen) atoms. The van der Waals surface area contributed by atoms with Crippen molar-refractivity contribution in [2.75, 3.05) is 28.6 Å². The summed E-state index contributed by atoms with van der Waals surface area (Å²) >= 11 is 0. The molecule has 0 atom stereocenters. The first-order valence-corrected chi connectivity index (χ1v) is 9.83. The number of benzene rings is 1. The van der Waals surface area contributed by atoms with Crippen molar-refractivity contribution in [1.82, 2.24) is 15.3 Å². The van der Waals surface area contributed by atoms with Gasteiger partial charge < -0.3 is 20.6 Å². The number of carbonyl (C=O) groups is 2. The lowest BCUT2D eigenvalue weighted by Crippen LogP contribution is -2.23. The molecule has 2 amide bonds. The van der Waals surface area contributed by atoms with E-state index in [4.69, 9.17) is 5.11 Å². The molecule has 0 unspecified atom stereocenters. The Balaban J connectivity index is 1.84. The van der Waals surface area contributed by atoms with Crippen molar-refractivity contribution in [3.05, 3.63) is 47.5 Å². The molecule has 1 aromatic carbocycles. The lowest BCUT2D eigenvalue weighted by molar-refractivity contribution is -0.116. The van der Waals surface area contributed by atoms with Crippen molar-refractivity contribution >= 4 is 34.9 Å². The van der Waals surface area contributed by atoms with E-state index in [1.807, 2.05) is 36.1 Å². The van der Waals surface area contributed by atoms with Gasteiger partial charge in [0.1, 0.15) is 17.5 Å². The largest absolute Gasteiger partial charge is 0.465 e. The number of allylic oxidation sites excluding steroid dienone is 1. The Bertz CT molecular complexity index is 1070. The van der Waals surface area contributed by atoms with Gasteiger partial charge in [-0.25, -0.2) is 14.8 Å². The first-order valence-electron chi connectivity index (χ1n) is 9.83. The van der Waals surface area contributed by atoms with Crippen molar-refractivity contribution in [2.24, 2.45) is 0 Å². The minimum Gasteiger partial charge on any atom is -0.465 e. The van der Waals surface area contributed by atoms with Crippen molar-refractivity contribution in [2.45, 2.75) is 26.7 Å². The van der Waals surface area contributed by atoms with Crippen LogP contribution in [0.5, 0.6) is 0 Å². The van der Waals surface area contributed by atoms with Crippen LogP contribution in [-0.2, 0) is 4.79 Å². The zero-order valence-corrected chi connectivity index (χ0v) is 17.3. The van der Waals surface area contributed by atoms with Crippen molar-refractivity contribution in [1.29, 1.82) is 5.26 Å². The summed E-state index contributed by atoms with van der Waals surface area (Å²) in [4.78, 5) is 33.1. The van der Waals surface area contributed by atoms with Crippen LogP contribution in [0.3, 0.4) is 0 Å². The van der Waals surface area contributed by atoms with Crippen LogP contribution in [0, 0.1) is 18.3 Å². The molecule has 4 N–H and O–H groups in total. The fourth-order valence-corrected chi connectivity index (χ4v) is 3.26. The summed E-state index contributed by atoms with van der Waals surface area (Å²) < 4.78 is 0. The highest BCUT2D eigenvalue weighted by atomic mass is 16.4. The van der Waals surface area contributed by atoms with Gasteiger partial charge in [-0.2, -0.15) is 5.26 Å². The number of para-hydroxylation sites is 2. The number of amides is 2. The Kier molecular flexibility index (Phi) is 6.67. The second-order valence-electron chi connectivity index (χ2n) is 6.83. The van der Waals surface area contributed by atoms with Crippen LogP contribution in [0.2, 0.25) is 0 Å². The maximum absolute atomic E-state index is 12.1. The number of carbonyl (C=O) groups excluding carboxylic acids is 1. The second kappa shape index (κ2) is 9.58. The average molecular weight is 421 g/mol. The van der Waals surface area contributed by atoms with E-state index >= 15 is 0 Å². The number of hydrogen-bond donors (Lipinski definition) is 4. The Morgan fingerprint density at radius 2 is 2.10 bits per heavy atom. The van der Waals surface area contributed by atoms with Crippen molar-refractivity contribution < 1.29 is 14.7 Å². The molecule has 1 aromatic heterocycles. The monoisotopic (exact) mass is 421 g/mol. The van der Waals surface area contributed by atoms with Gasteiger partial charge in [0.15, 0.2) is 0 Å². The number of fused-ring (bicyclic) bond motifs is 1. The molecule has 10 nitrogen and oxygen atoms in total.